The van der Waals surface area contributed by atoms with Crippen LogP contribution in [0.2, 0.25) is 0 Å². The van der Waals surface area contributed by atoms with E-state index in [9.17, 15) is 0 Å². The fraction of sp³-hybridized carbons (Fsp3) is 0.100. The lowest BCUT2D eigenvalue weighted by Gasteiger charge is -1.93. The van der Waals surface area contributed by atoms with Crippen molar-refractivity contribution in [2.75, 3.05) is 0 Å². The fourth-order valence-electron chi connectivity index (χ4n) is 1.29. The summed E-state index contributed by atoms with van der Waals surface area (Å²) in [5, 5.41) is 7.49. The monoisotopic (exact) mass is 143 g/mol. The summed E-state index contributed by atoms with van der Waals surface area (Å²) >= 11 is 0. The normalized spacial score (nSPS) is 20.9. The molecule has 1 heteroatoms. The van der Waals surface area contributed by atoms with E-state index in [2.05, 4.69) is 12.2 Å². The van der Waals surface area contributed by atoms with Crippen molar-refractivity contribution < 1.29 is 0 Å². The quantitative estimate of drug-likeness (QED) is 0.538. The maximum atomic E-state index is 7.49. The van der Waals surface area contributed by atoms with Gasteiger partial charge in [-0.25, -0.2) is 0 Å². The largest absolute Gasteiger partial charge is 0.305 e. The lowest BCUT2D eigenvalue weighted by atomic mass is 10.1. The summed E-state index contributed by atoms with van der Waals surface area (Å²) in [4.78, 5) is 0. The molecule has 2 aliphatic carbocycles. The highest BCUT2D eigenvalue weighted by atomic mass is 14.4. The van der Waals surface area contributed by atoms with Gasteiger partial charge >= 0.3 is 0 Å². The highest BCUT2D eigenvalue weighted by Crippen LogP contribution is 2.22. The molecule has 0 atom stereocenters. The minimum absolute atomic E-state index is 0.686. The highest BCUT2D eigenvalue weighted by molar-refractivity contribution is 5.96. The molecule has 0 saturated heterocycles. The molecular weight excluding hydrogens is 134 g/mol. The second-order valence-corrected chi connectivity index (χ2v) is 2.71. The third-order valence-electron chi connectivity index (χ3n) is 1.85. The van der Waals surface area contributed by atoms with Gasteiger partial charge in [-0.2, -0.15) is 0 Å². The van der Waals surface area contributed by atoms with E-state index in [1.165, 1.54) is 11.1 Å². The van der Waals surface area contributed by atoms with Crippen LogP contribution in [0, 0.1) is 5.41 Å². The van der Waals surface area contributed by atoms with Crippen LogP contribution < -0.4 is 0 Å². The Morgan fingerprint density at radius 3 is 3.00 bits per heavy atom. The van der Waals surface area contributed by atoms with Gasteiger partial charge in [0.2, 0.25) is 0 Å². The molecule has 0 unspecified atom stereocenters. The minimum atomic E-state index is 0.686. The summed E-state index contributed by atoms with van der Waals surface area (Å²) < 4.78 is 0. The van der Waals surface area contributed by atoms with Crippen LogP contribution in [0.1, 0.15) is 6.42 Å². The van der Waals surface area contributed by atoms with E-state index in [1.807, 2.05) is 24.3 Å². The molecule has 2 aliphatic rings. The van der Waals surface area contributed by atoms with Gasteiger partial charge in [-0.1, -0.05) is 30.4 Å². The van der Waals surface area contributed by atoms with Crippen LogP contribution in [0.15, 0.2) is 47.6 Å². The summed E-state index contributed by atoms with van der Waals surface area (Å²) in [6, 6.07) is 0. The van der Waals surface area contributed by atoms with Crippen molar-refractivity contribution >= 4 is 5.71 Å². The van der Waals surface area contributed by atoms with Gasteiger partial charge in [0, 0.05) is 12.1 Å². The topological polar surface area (TPSA) is 23.9 Å². The summed E-state index contributed by atoms with van der Waals surface area (Å²) in [5.74, 6) is 0. The molecule has 0 saturated carbocycles. The number of hydrogen-bond donors (Lipinski definition) is 1. The number of nitrogens with one attached hydrogen (secondary N) is 1. The van der Waals surface area contributed by atoms with E-state index < -0.39 is 0 Å². The molecule has 0 aromatic rings. The highest BCUT2D eigenvalue weighted by Gasteiger charge is 2.06. The van der Waals surface area contributed by atoms with Crippen molar-refractivity contribution in [2.45, 2.75) is 6.42 Å². The predicted octanol–water partition coefficient (Wildman–Crippen LogP) is 2.39. The summed E-state index contributed by atoms with van der Waals surface area (Å²) in [6.07, 6.45) is 12.9. The SMILES string of the molecule is N=C1C=C2C=CC=C2C=CC1. The van der Waals surface area contributed by atoms with Gasteiger partial charge in [-0.15, -0.1) is 0 Å². The van der Waals surface area contributed by atoms with E-state index in [0.29, 0.717) is 5.71 Å². The predicted molar refractivity (Wildman–Crippen MR) is 46.8 cm³/mol. The molecular formula is C10H9N. The molecule has 0 fully saturated rings. The van der Waals surface area contributed by atoms with E-state index in [0.717, 1.165) is 6.42 Å². The van der Waals surface area contributed by atoms with Gasteiger partial charge in [-0.05, 0) is 17.2 Å². The number of fused-ring (bicyclic) bond motifs is 1. The Labute approximate surface area is 65.9 Å². The maximum absolute atomic E-state index is 7.49. The Bertz CT molecular complexity index is 314. The van der Waals surface area contributed by atoms with Crippen LogP contribution in [0.4, 0.5) is 0 Å². The van der Waals surface area contributed by atoms with Crippen LogP contribution in [-0.2, 0) is 0 Å². The first-order valence-electron chi connectivity index (χ1n) is 3.71. The zero-order valence-electron chi connectivity index (χ0n) is 6.17. The van der Waals surface area contributed by atoms with Gasteiger partial charge in [-0.3, -0.25) is 0 Å². The first-order chi connectivity index (χ1) is 5.36. The molecule has 2 rings (SSSR count). The first kappa shape index (κ1) is 6.35. The number of allylic oxidation sites excluding steroid dienone is 8. The Kier molecular flexibility index (Phi) is 1.35. The standard InChI is InChI=1S/C10H9N/c11-10-6-2-4-8-3-1-5-9(8)7-10/h1-5,7,11H,6H2. The van der Waals surface area contributed by atoms with Crippen LogP contribution in [0.3, 0.4) is 0 Å². The molecule has 0 aromatic carbocycles. The third-order valence-corrected chi connectivity index (χ3v) is 1.85. The average molecular weight is 143 g/mol. The summed E-state index contributed by atoms with van der Waals surface area (Å²) in [7, 11) is 0. The molecule has 1 nitrogen and oxygen atoms in total. The van der Waals surface area contributed by atoms with Gasteiger partial charge in [0.1, 0.15) is 0 Å². The van der Waals surface area contributed by atoms with Gasteiger partial charge in [0.15, 0.2) is 0 Å². The van der Waals surface area contributed by atoms with Gasteiger partial charge in [0.25, 0.3) is 0 Å². The van der Waals surface area contributed by atoms with Gasteiger partial charge in [0.05, 0.1) is 0 Å². The fourth-order valence-corrected chi connectivity index (χ4v) is 1.29. The molecule has 1 N–H and O–H groups in total. The lowest BCUT2D eigenvalue weighted by molar-refractivity contribution is 1.39. The maximum Gasteiger partial charge on any atom is 0.0357 e. The van der Waals surface area contributed by atoms with Crippen molar-refractivity contribution in [2.24, 2.45) is 0 Å². The zero-order valence-corrected chi connectivity index (χ0v) is 6.17. The lowest BCUT2D eigenvalue weighted by Crippen LogP contribution is -1.87. The molecule has 0 spiro atoms. The molecule has 0 heterocycles. The van der Waals surface area contributed by atoms with Crippen molar-refractivity contribution in [3.05, 3.63) is 47.6 Å². The van der Waals surface area contributed by atoms with Crippen molar-refractivity contribution in [1.29, 1.82) is 5.41 Å². The van der Waals surface area contributed by atoms with Crippen LogP contribution in [0.5, 0.6) is 0 Å². The first-order valence-corrected chi connectivity index (χ1v) is 3.71. The molecule has 0 aliphatic heterocycles. The van der Waals surface area contributed by atoms with E-state index >= 15 is 0 Å². The van der Waals surface area contributed by atoms with Crippen LogP contribution >= 0.6 is 0 Å². The second kappa shape index (κ2) is 2.35. The average Bonchev–Trinajstić information content (AvgIpc) is 2.31. The van der Waals surface area contributed by atoms with Crippen molar-refractivity contribution in [1.82, 2.24) is 0 Å². The van der Waals surface area contributed by atoms with Crippen LogP contribution in [-0.4, -0.2) is 5.71 Å². The molecule has 54 valence electrons. The second-order valence-electron chi connectivity index (χ2n) is 2.71. The number of hydrogen-bond acceptors (Lipinski definition) is 1. The Morgan fingerprint density at radius 2 is 2.09 bits per heavy atom. The Hall–Kier alpha value is -1.37. The third kappa shape index (κ3) is 1.09. The summed E-state index contributed by atoms with van der Waals surface area (Å²) in [5.41, 5.74) is 3.09. The van der Waals surface area contributed by atoms with Crippen molar-refractivity contribution in [3.8, 4) is 0 Å². The van der Waals surface area contributed by atoms with Gasteiger partial charge < -0.3 is 5.41 Å². The van der Waals surface area contributed by atoms with E-state index in [-0.39, 0.29) is 0 Å². The Balaban J connectivity index is 2.47. The molecule has 0 radical (unpaired) electrons. The van der Waals surface area contributed by atoms with Crippen molar-refractivity contribution in [3.63, 3.8) is 0 Å². The molecule has 0 amide bonds. The van der Waals surface area contributed by atoms with Crippen LogP contribution in [0.25, 0.3) is 0 Å². The number of rotatable bonds is 0. The molecule has 0 aromatic heterocycles. The Morgan fingerprint density at radius 1 is 1.18 bits per heavy atom. The smallest absolute Gasteiger partial charge is 0.0357 e. The zero-order chi connectivity index (χ0) is 7.68. The summed E-state index contributed by atoms with van der Waals surface area (Å²) in [6.45, 7) is 0. The minimum Gasteiger partial charge on any atom is -0.305 e. The van der Waals surface area contributed by atoms with E-state index in [4.69, 9.17) is 5.41 Å². The molecule has 0 bridgehead atoms. The van der Waals surface area contributed by atoms with E-state index in [1.54, 1.807) is 0 Å². The molecule has 11 heavy (non-hydrogen) atoms.